The van der Waals surface area contributed by atoms with Crippen LogP contribution < -0.4 is 11.2 Å². The molecule has 2 amide bonds. The molecule has 28 heavy (non-hydrogen) atoms. The molecule has 3 heterocycles. The number of carbonyl (C=O) groups is 2. The lowest BCUT2D eigenvalue weighted by atomic mass is 10.0. The number of aromatic nitrogens is 1. The molecule has 0 spiro atoms. The number of amides is 2. The van der Waals surface area contributed by atoms with Crippen molar-refractivity contribution in [2.75, 3.05) is 13.7 Å². The molecule has 1 fully saturated rings. The molecular weight excluding hydrogens is 366 g/mol. The van der Waals surface area contributed by atoms with Crippen molar-refractivity contribution in [2.24, 2.45) is 5.73 Å². The van der Waals surface area contributed by atoms with Gasteiger partial charge in [0.2, 0.25) is 5.43 Å². The minimum atomic E-state index is -0.975. The highest BCUT2D eigenvalue weighted by atomic mass is 16.5. The van der Waals surface area contributed by atoms with Crippen LogP contribution in [0.25, 0.3) is 0 Å². The molecule has 3 atom stereocenters. The van der Waals surface area contributed by atoms with Crippen molar-refractivity contribution >= 4 is 11.8 Å². The van der Waals surface area contributed by atoms with Crippen LogP contribution in [0.2, 0.25) is 0 Å². The average Bonchev–Trinajstić information content (AvgIpc) is 3.04. The second-order valence-electron chi connectivity index (χ2n) is 6.74. The number of pyridine rings is 1. The highest BCUT2D eigenvalue weighted by Crippen LogP contribution is 2.39. The predicted octanol–water partition coefficient (Wildman–Crippen LogP) is 0.221. The maximum atomic E-state index is 13.2. The van der Waals surface area contributed by atoms with E-state index in [0.717, 1.165) is 5.56 Å². The zero-order valence-corrected chi connectivity index (χ0v) is 15.1. The molecule has 9 nitrogen and oxygen atoms in total. The summed E-state index contributed by atoms with van der Waals surface area (Å²) in [6.45, 7) is 0.352. The van der Waals surface area contributed by atoms with Crippen LogP contribution in [-0.2, 0) is 16.0 Å². The van der Waals surface area contributed by atoms with Gasteiger partial charge in [-0.25, -0.2) is 0 Å². The number of ether oxygens (including phenoxy) is 2. The van der Waals surface area contributed by atoms with Crippen molar-refractivity contribution < 1.29 is 24.2 Å². The number of fused-ring (bicyclic) bond motifs is 2. The fourth-order valence-corrected chi connectivity index (χ4v) is 3.86. The van der Waals surface area contributed by atoms with E-state index >= 15 is 0 Å². The first-order valence-electron chi connectivity index (χ1n) is 8.72. The molecule has 2 aliphatic heterocycles. The molecule has 2 aliphatic rings. The number of carbonyl (C=O) groups excluding carboxylic acids is 2. The topological polar surface area (TPSA) is 124 Å². The van der Waals surface area contributed by atoms with Gasteiger partial charge in [0.1, 0.15) is 11.7 Å². The zero-order chi connectivity index (χ0) is 20.0. The summed E-state index contributed by atoms with van der Waals surface area (Å²) in [5, 5.41) is 10.3. The third-order valence-electron chi connectivity index (χ3n) is 5.10. The number of nitrogens with zero attached hydrogens (tertiary/aromatic N) is 2. The first-order chi connectivity index (χ1) is 13.4. The van der Waals surface area contributed by atoms with Gasteiger partial charge < -0.3 is 29.8 Å². The number of benzene rings is 1. The number of methoxy groups -OCH3 is 1. The Morgan fingerprint density at radius 1 is 1.32 bits per heavy atom. The molecule has 146 valence electrons. The largest absolute Gasteiger partial charge is 0.503 e. The first-order valence-corrected chi connectivity index (χ1v) is 8.72. The molecule has 2 aromatic rings. The highest BCUT2D eigenvalue weighted by Gasteiger charge is 2.49. The molecule has 0 saturated carbocycles. The fourth-order valence-electron chi connectivity index (χ4n) is 3.86. The minimum absolute atomic E-state index is 0.138. The number of rotatable bonds is 4. The van der Waals surface area contributed by atoms with Gasteiger partial charge in [-0.15, -0.1) is 0 Å². The predicted molar refractivity (Wildman–Crippen MR) is 96.8 cm³/mol. The van der Waals surface area contributed by atoms with Gasteiger partial charge in [0.25, 0.3) is 11.8 Å². The Bertz CT molecular complexity index is 1000. The number of hydrogen-bond acceptors (Lipinski definition) is 6. The summed E-state index contributed by atoms with van der Waals surface area (Å²) in [6.07, 6.45) is 0.113. The molecule has 9 heteroatoms. The Kier molecular flexibility index (Phi) is 4.40. The standard InChI is InChI=1S/C19H19N3O6/c1-27-9-12-17(10-5-3-2-4-6-10)28-13-8-21-7-11(18(20)25)15(23)16(24)14(21)19(26)22(12)13/h2-7,12-13,17,24H,8-9H2,1H3,(H2,20,25). The molecule has 0 aliphatic carbocycles. The van der Waals surface area contributed by atoms with Gasteiger partial charge >= 0.3 is 0 Å². The lowest BCUT2D eigenvalue weighted by molar-refractivity contribution is -0.0155. The van der Waals surface area contributed by atoms with E-state index in [-0.39, 0.29) is 24.4 Å². The Labute approximate surface area is 159 Å². The average molecular weight is 385 g/mol. The smallest absolute Gasteiger partial charge is 0.277 e. The van der Waals surface area contributed by atoms with Gasteiger partial charge in [0, 0.05) is 13.3 Å². The van der Waals surface area contributed by atoms with Gasteiger partial charge in [-0.05, 0) is 5.56 Å². The summed E-state index contributed by atoms with van der Waals surface area (Å²) < 4.78 is 12.8. The second-order valence-corrected chi connectivity index (χ2v) is 6.74. The third-order valence-corrected chi connectivity index (χ3v) is 5.10. The van der Waals surface area contributed by atoms with E-state index in [1.165, 1.54) is 22.8 Å². The SMILES string of the molecule is COCC1C(c2ccccc2)OC2Cn3cc(C(N)=O)c(=O)c(O)c3C(=O)N21. The number of nitrogens with two attached hydrogens (primary N) is 1. The van der Waals surface area contributed by atoms with E-state index < -0.39 is 41.4 Å². The summed E-state index contributed by atoms with van der Waals surface area (Å²) in [5.74, 6) is -2.33. The van der Waals surface area contributed by atoms with Crippen LogP contribution in [0.15, 0.2) is 41.3 Å². The van der Waals surface area contributed by atoms with Crippen molar-refractivity contribution in [2.45, 2.75) is 24.9 Å². The van der Waals surface area contributed by atoms with Gasteiger partial charge in [0.05, 0.1) is 19.2 Å². The van der Waals surface area contributed by atoms with Crippen molar-refractivity contribution in [3.05, 3.63) is 63.6 Å². The van der Waals surface area contributed by atoms with E-state index in [1.54, 1.807) is 0 Å². The maximum Gasteiger partial charge on any atom is 0.277 e. The van der Waals surface area contributed by atoms with Crippen LogP contribution in [0, 0.1) is 0 Å². The normalized spacial score (nSPS) is 23.4. The Morgan fingerprint density at radius 3 is 2.68 bits per heavy atom. The second kappa shape index (κ2) is 6.77. The molecule has 1 saturated heterocycles. The van der Waals surface area contributed by atoms with Crippen LogP contribution in [-0.4, -0.2) is 52.4 Å². The van der Waals surface area contributed by atoms with Crippen molar-refractivity contribution in [3.63, 3.8) is 0 Å². The van der Waals surface area contributed by atoms with E-state index in [0.29, 0.717) is 0 Å². The summed E-state index contributed by atoms with van der Waals surface area (Å²) in [4.78, 5) is 38.4. The first kappa shape index (κ1) is 18.2. The summed E-state index contributed by atoms with van der Waals surface area (Å²) >= 11 is 0. The maximum absolute atomic E-state index is 13.2. The van der Waals surface area contributed by atoms with E-state index in [4.69, 9.17) is 15.2 Å². The third kappa shape index (κ3) is 2.67. The molecular formula is C19H19N3O6. The van der Waals surface area contributed by atoms with Crippen LogP contribution >= 0.6 is 0 Å². The molecule has 1 aromatic carbocycles. The van der Waals surface area contributed by atoms with Gasteiger partial charge in [0.15, 0.2) is 17.7 Å². The summed E-state index contributed by atoms with van der Waals surface area (Å²) in [5.41, 5.74) is 4.56. The minimum Gasteiger partial charge on any atom is -0.503 e. The van der Waals surface area contributed by atoms with E-state index in [1.807, 2.05) is 30.3 Å². The van der Waals surface area contributed by atoms with Crippen LogP contribution in [0.5, 0.6) is 5.75 Å². The zero-order valence-electron chi connectivity index (χ0n) is 15.1. The molecule has 4 rings (SSSR count). The van der Waals surface area contributed by atoms with E-state index in [2.05, 4.69) is 0 Å². The highest BCUT2D eigenvalue weighted by molar-refractivity contribution is 5.99. The molecule has 0 radical (unpaired) electrons. The van der Waals surface area contributed by atoms with Crippen molar-refractivity contribution in [1.82, 2.24) is 9.47 Å². The van der Waals surface area contributed by atoms with Crippen LogP contribution in [0.1, 0.15) is 32.5 Å². The van der Waals surface area contributed by atoms with Crippen LogP contribution in [0.3, 0.4) is 0 Å². The number of primary amides is 1. The molecule has 3 unspecified atom stereocenters. The summed E-state index contributed by atoms with van der Waals surface area (Å²) in [6, 6.07) is 8.99. The fraction of sp³-hybridized carbons (Fsp3) is 0.316. The molecule has 1 aromatic heterocycles. The van der Waals surface area contributed by atoms with Crippen molar-refractivity contribution in [3.8, 4) is 5.75 Å². The lowest BCUT2D eigenvalue weighted by Gasteiger charge is -2.34. The summed E-state index contributed by atoms with van der Waals surface area (Å²) in [7, 11) is 1.53. The van der Waals surface area contributed by atoms with E-state index in [9.17, 15) is 19.5 Å². The van der Waals surface area contributed by atoms with Gasteiger partial charge in [-0.2, -0.15) is 0 Å². The Morgan fingerprint density at radius 2 is 2.04 bits per heavy atom. The van der Waals surface area contributed by atoms with Gasteiger partial charge in [-0.3, -0.25) is 14.4 Å². The Balaban J connectivity index is 1.80. The van der Waals surface area contributed by atoms with Gasteiger partial charge in [-0.1, -0.05) is 30.3 Å². The lowest BCUT2D eigenvalue weighted by Crippen LogP contribution is -2.51. The number of aromatic hydroxyl groups is 1. The molecule has 3 N–H and O–H groups in total. The quantitative estimate of drug-likeness (QED) is 0.776. The van der Waals surface area contributed by atoms with Crippen molar-refractivity contribution in [1.29, 1.82) is 0 Å². The Hall–Kier alpha value is -3.17. The van der Waals surface area contributed by atoms with Crippen LogP contribution in [0.4, 0.5) is 0 Å². The number of hydrogen-bond donors (Lipinski definition) is 2. The monoisotopic (exact) mass is 385 g/mol. The molecule has 0 bridgehead atoms.